The lowest BCUT2D eigenvalue weighted by molar-refractivity contribution is -0.143. The number of hydrogen-bond acceptors (Lipinski definition) is 3. The third-order valence-electron chi connectivity index (χ3n) is 2.46. The summed E-state index contributed by atoms with van der Waals surface area (Å²) in [4.78, 5) is 11.0. The van der Waals surface area contributed by atoms with Crippen LogP contribution in [-0.4, -0.2) is 18.6 Å². The summed E-state index contributed by atoms with van der Waals surface area (Å²) >= 11 is 0. The van der Waals surface area contributed by atoms with Crippen LogP contribution >= 0.6 is 12.4 Å². The number of carbonyl (C=O) groups excluding carboxylic acids is 1. The van der Waals surface area contributed by atoms with Crippen molar-refractivity contribution >= 4 is 18.4 Å². The number of nitrogens with two attached hydrogens (primary N) is 1. The van der Waals surface area contributed by atoms with E-state index in [1.807, 2.05) is 6.92 Å². The Labute approximate surface area is 85.4 Å². The molecule has 1 aliphatic rings. The molecule has 0 bridgehead atoms. The molecule has 1 fully saturated rings. The molecule has 1 unspecified atom stereocenters. The van der Waals surface area contributed by atoms with E-state index in [1.165, 1.54) is 19.3 Å². The largest absolute Gasteiger partial charge is 0.466 e. The standard InChI is InChI=1S/C9H17NO2.ClH/c1-2-12-9(11)6-8(10)7-4-3-5-7;/h7-8H,2-6,10H2,1H3;1H. The Morgan fingerprint density at radius 1 is 1.62 bits per heavy atom. The van der Waals surface area contributed by atoms with Crippen molar-refractivity contribution in [1.82, 2.24) is 0 Å². The van der Waals surface area contributed by atoms with Gasteiger partial charge in [-0.2, -0.15) is 0 Å². The van der Waals surface area contributed by atoms with Crippen LogP contribution in [-0.2, 0) is 9.53 Å². The first-order valence-electron chi connectivity index (χ1n) is 4.65. The number of hydrogen-bond donors (Lipinski definition) is 1. The quantitative estimate of drug-likeness (QED) is 0.711. The summed E-state index contributed by atoms with van der Waals surface area (Å²) in [5, 5.41) is 0. The summed E-state index contributed by atoms with van der Waals surface area (Å²) in [5.41, 5.74) is 5.81. The molecule has 0 aromatic rings. The SMILES string of the molecule is CCOC(=O)CC(N)C1CCC1.Cl. The van der Waals surface area contributed by atoms with Crippen molar-refractivity contribution in [3.8, 4) is 0 Å². The van der Waals surface area contributed by atoms with E-state index < -0.39 is 0 Å². The van der Waals surface area contributed by atoms with E-state index in [2.05, 4.69) is 0 Å². The van der Waals surface area contributed by atoms with Crippen molar-refractivity contribution in [2.24, 2.45) is 11.7 Å². The van der Waals surface area contributed by atoms with Gasteiger partial charge in [0.05, 0.1) is 13.0 Å². The number of esters is 1. The van der Waals surface area contributed by atoms with Crippen LogP contribution in [0.3, 0.4) is 0 Å². The summed E-state index contributed by atoms with van der Waals surface area (Å²) in [7, 11) is 0. The van der Waals surface area contributed by atoms with Crippen molar-refractivity contribution in [3.63, 3.8) is 0 Å². The van der Waals surface area contributed by atoms with E-state index in [4.69, 9.17) is 10.5 Å². The molecule has 0 amide bonds. The lowest BCUT2D eigenvalue weighted by Crippen LogP contribution is -2.36. The van der Waals surface area contributed by atoms with Gasteiger partial charge in [0.1, 0.15) is 0 Å². The fourth-order valence-electron chi connectivity index (χ4n) is 1.45. The topological polar surface area (TPSA) is 52.3 Å². The van der Waals surface area contributed by atoms with Gasteiger partial charge in [-0.3, -0.25) is 4.79 Å². The molecule has 0 aromatic carbocycles. The molecular formula is C9H18ClNO2. The van der Waals surface area contributed by atoms with Crippen molar-refractivity contribution in [1.29, 1.82) is 0 Å². The number of carbonyl (C=O) groups is 1. The Balaban J connectivity index is 0.00000144. The highest BCUT2D eigenvalue weighted by Gasteiger charge is 2.26. The van der Waals surface area contributed by atoms with Crippen LogP contribution in [0.4, 0.5) is 0 Å². The molecule has 2 N–H and O–H groups in total. The molecule has 1 aliphatic carbocycles. The summed E-state index contributed by atoms with van der Waals surface area (Å²) in [6, 6.07) is 0.0257. The first-order valence-corrected chi connectivity index (χ1v) is 4.65. The van der Waals surface area contributed by atoms with Gasteiger partial charge in [-0.25, -0.2) is 0 Å². The van der Waals surface area contributed by atoms with Gasteiger partial charge in [-0.15, -0.1) is 12.4 Å². The van der Waals surface area contributed by atoms with Crippen LogP contribution < -0.4 is 5.73 Å². The predicted molar refractivity (Wildman–Crippen MR) is 53.8 cm³/mol. The average molecular weight is 208 g/mol. The molecule has 0 spiro atoms. The predicted octanol–water partition coefficient (Wildman–Crippen LogP) is 1.49. The van der Waals surface area contributed by atoms with E-state index in [9.17, 15) is 4.79 Å². The van der Waals surface area contributed by atoms with Gasteiger partial charge in [0, 0.05) is 6.04 Å². The molecule has 0 heterocycles. The zero-order valence-corrected chi connectivity index (χ0v) is 8.81. The number of halogens is 1. The van der Waals surface area contributed by atoms with Crippen LogP contribution in [0.25, 0.3) is 0 Å². The maximum atomic E-state index is 11.0. The van der Waals surface area contributed by atoms with Gasteiger partial charge >= 0.3 is 5.97 Å². The van der Waals surface area contributed by atoms with Crippen LogP contribution in [0, 0.1) is 5.92 Å². The molecule has 0 radical (unpaired) electrons. The molecule has 1 rings (SSSR count). The number of rotatable bonds is 4. The maximum absolute atomic E-state index is 11.0. The smallest absolute Gasteiger partial charge is 0.307 e. The summed E-state index contributed by atoms with van der Waals surface area (Å²) in [6.45, 7) is 2.27. The minimum absolute atomic E-state index is 0. The van der Waals surface area contributed by atoms with E-state index in [0.29, 0.717) is 18.9 Å². The van der Waals surface area contributed by atoms with E-state index >= 15 is 0 Å². The number of ether oxygens (including phenoxy) is 1. The molecule has 78 valence electrons. The molecular weight excluding hydrogens is 190 g/mol. The maximum Gasteiger partial charge on any atom is 0.307 e. The van der Waals surface area contributed by atoms with Crippen molar-refractivity contribution in [2.45, 2.75) is 38.6 Å². The second kappa shape index (κ2) is 6.22. The summed E-state index contributed by atoms with van der Waals surface area (Å²) < 4.78 is 4.81. The van der Waals surface area contributed by atoms with Gasteiger partial charge in [0.15, 0.2) is 0 Å². The molecule has 13 heavy (non-hydrogen) atoms. The van der Waals surface area contributed by atoms with Gasteiger partial charge in [0.25, 0.3) is 0 Å². The third-order valence-corrected chi connectivity index (χ3v) is 2.46. The fourth-order valence-corrected chi connectivity index (χ4v) is 1.45. The summed E-state index contributed by atoms with van der Waals surface area (Å²) in [5.74, 6) is 0.409. The normalized spacial score (nSPS) is 18.3. The zero-order valence-electron chi connectivity index (χ0n) is 7.99. The first-order chi connectivity index (χ1) is 5.74. The molecule has 0 aromatic heterocycles. The van der Waals surface area contributed by atoms with E-state index in [0.717, 1.165) is 0 Å². The molecule has 1 atom stereocenters. The van der Waals surface area contributed by atoms with Gasteiger partial charge in [0.2, 0.25) is 0 Å². The van der Waals surface area contributed by atoms with Crippen LogP contribution in [0.5, 0.6) is 0 Å². The molecule has 1 saturated carbocycles. The second-order valence-electron chi connectivity index (χ2n) is 3.36. The van der Waals surface area contributed by atoms with Crippen LogP contribution in [0.15, 0.2) is 0 Å². The Hall–Kier alpha value is -0.280. The van der Waals surface area contributed by atoms with Gasteiger partial charge in [-0.05, 0) is 25.7 Å². The van der Waals surface area contributed by atoms with Crippen molar-refractivity contribution in [2.75, 3.05) is 6.61 Å². The van der Waals surface area contributed by atoms with Gasteiger partial charge < -0.3 is 10.5 Å². The average Bonchev–Trinajstić information content (AvgIpc) is 1.82. The second-order valence-corrected chi connectivity index (χ2v) is 3.36. The lowest BCUT2D eigenvalue weighted by Gasteiger charge is -2.30. The van der Waals surface area contributed by atoms with Crippen molar-refractivity contribution < 1.29 is 9.53 Å². The molecule has 3 nitrogen and oxygen atoms in total. The van der Waals surface area contributed by atoms with E-state index in [1.54, 1.807) is 0 Å². The molecule has 0 saturated heterocycles. The first kappa shape index (κ1) is 12.7. The van der Waals surface area contributed by atoms with Crippen LogP contribution in [0.1, 0.15) is 32.6 Å². The Bertz CT molecular complexity index is 160. The highest BCUT2D eigenvalue weighted by molar-refractivity contribution is 5.85. The third kappa shape index (κ3) is 3.96. The zero-order chi connectivity index (χ0) is 8.97. The Morgan fingerprint density at radius 3 is 2.62 bits per heavy atom. The Kier molecular flexibility index (Phi) is 6.08. The minimum atomic E-state index is -0.156. The Morgan fingerprint density at radius 2 is 2.23 bits per heavy atom. The van der Waals surface area contributed by atoms with E-state index in [-0.39, 0.29) is 24.4 Å². The highest BCUT2D eigenvalue weighted by Crippen LogP contribution is 2.29. The monoisotopic (exact) mass is 207 g/mol. The minimum Gasteiger partial charge on any atom is -0.466 e. The molecule has 4 heteroatoms. The lowest BCUT2D eigenvalue weighted by atomic mass is 9.79. The van der Waals surface area contributed by atoms with Gasteiger partial charge in [-0.1, -0.05) is 6.42 Å². The highest BCUT2D eigenvalue weighted by atomic mass is 35.5. The van der Waals surface area contributed by atoms with Crippen molar-refractivity contribution in [3.05, 3.63) is 0 Å². The van der Waals surface area contributed by atoms with Crippen LogP contribution in [0.2, 0.25) is 0 Å². The summed E-state index contributed by atoms with van der Waals surface area (Å²) in [6.07, 6.45) is 4.01. The molecule has 0 aliphatic heterocycles. The fraction of sp³-hybridized carbons (Fsp3) is 0.889.